The molecule has 90 valence electrons. The van der Waals surface area contributed by atoms with Crippen LogP contribution in [0.3, 0.4) is 0 Å². The summed E-state index contributed by atoms with van der Waals surface area (Å²) in [4.78, 5) is 11.0. The van der Waals surface area contributed by atoms with Crippen molar-refractivity contribution in [3.63, 3.8) is 0 Å². The van der Waals surface area contributed by atoms with E-state index in [1.807, 2.05) is 0 Å². The number of nitrogens with two attached hydrogens (primary N) is 1. The Morgan fingerprint density at radius 1 is 1.20 bits per heavy atom. The minimum Gasteiger partial charge on any atom is -0.370 e. The van der Waals surface area contributed by atoms with Crippen molar-refractivity contribution in [3.8, 4) is 0 Å². The second-order valence-electron chi connectivity index (χ2n) is 5.58. The van der Waals surface area contributed by atoms with Crippen LogP contribution in [0.15, 0.2) is 0 Å². The van der Waals surface area contributed by atoms with E-state index in [1.165, 1.54) is 32.1 Å². The predicted molar refractivity (Wildman–Crippen MR) is 69.7 cm³/mol. The number of hydrogen-bond acceptors (Lipinski definition) is 1. The van der Waals surface area contributed by atoms with Gasteiger partial charge in [0.2, 0.25) is 5.91 Å². The second-order valence-corrected chi connectivity index (χ2v) is 11.1. The summed E-state index contributed by atoms with van der Waals surface area (Å²) >= 11 is 0. The predicted octanol–water partition coefficient (Wildman–Crippen LogP) is 3.54. The molecule has 0 fully saturated rings. The first-order valence-electron chi connectivity index (χ1n) is 6.16. The third-order valence-corrected chi connectivity index (χ3v) is 6.02. The van der Waals surface area contributed by atoms with Gasteiger partial charge in [0.25, 0.3) is 0 Å². The summed E-state index contributed by atoms with van der Waals surface area (Å²) in [5.41, 5.74) is 5.88. The van der Waals surface area contributed by atoms with E-state index < -0.39 is 8.07 Å². The molecule has 0 aromatic rings. The van der Waals surface area contributed by atoms with E-state index >= 15 is 0 Å². The van der Waals surface area contributed by atoms with Gasteiger partial charge >= 0.3 is 0 Å². The van der Waals surface area contributed by atoms with Crippen LogP contribution in [0.25, 0.3) is 0 Å². The van der Waals surface area contributed by atoms with Gasteiger partial charge in [-0.2, -0.15) is 0 Å². The Morgan fingerprint density at radius 2 is 1.80 bits per heavy atom. The molecule has 0 heterocycles. The summed E-state index contributed by atoms with van der Waals surface area (Å²) in [7, 11) is -1.21. The van der Waals surface area contributed by atoms with Crippen molar-refractivity contribution in [2.24, 2.45) is 5.73 Å². The highest BCUT2D eigenvalue weighted by molar-refractivity contribution is 6.77. The molecule has 0 saturated heterocycles. The quantitative estimate of drug-likeness (QED) is 0.502. The maximum atomic E-state index is 11.0. The number of carbonyl (C=O) groups excluding carboxylic acids is 1. The number of amides is 1. The lowest BCUT2D eigenvalue weighted by molar-refractivity contribution is -0.118. The summed E-state index contributed by atoms with van der Waals surface area (Å²) in [6, 6.07) is 0. The van der Waals surface area contributed by atoms with Crippen molar-refractivity contribution in [1.82, 2.24) is 0 Å². The SMILES string of the molecule is CCCCCCC(CC(N)=O)[Si](C)(C)C. The zero-order valence-electron chi connectivity index (χ0n) is 10.8. The lowest BCUT2D eigenvalue weighted by Gasteiger charge is -2.28. The highest BCUT2D eigenvalue weighted by Gasteiger charge is 2.27. The van der Waals surface area contributed by atoms with Crippen molar-refractivity contribution in [1.29, 1.82) is 0 Å². The number of carbonyl (C=O) groups is 1. The summed E-state index contributed by atoms with van der Waals surface area (Å²) in [6.45, 7) is 9.22. The van der Waals surface area contributed by atoms with Gasteiger partial charge in [0.05, 0.1) is 0 Å². The van der Waals surface area contributed by atoms with Crippen LogP contribution in [0.1, 0.15) is 45.4 Å². The lowest BCUT2D eigenvalue weighted by Crippen LogP contribution is -2.31. The van der Waals surface area contributed by atoms with Crippen molar-refractivity contribution >= 4 is 14.0 Å². The Morgan fingerprint density at radius 3 is 2.20 bits per heavy atom. The molecule has 0 saturated carbocycles. The molecule has 0 rings (SSSR count). The molecule has 15 heavy (non-hydrogen) atoms. The van der Waals surface area contributed by atoms with Crippen molar-refractivity contribution in [3.05, 3.63) is 0 Å². The van der Waals surface area contributed by atoms with Crippen molar-refractivity contribution in [2.75, 3.05) is 0 Å². The molecule has 2 N–H and O–H groups in total. The van der Waals surface area contributed by atoms with E-state index in [0.29, 0.717) is 12.0 Å². The second kappa shape index (κ2) is 7.04. The molecule has 0 aliphatic rings. The van der Waals surface area contributed by atoms with Gasteiger partial charge in [-0.3, -0.25) is 4.79 Å². The molecule has 1 amide bonds. The van der Waals surface area contributed by atoms with Gasteiger partial charge in [-0.05, 0) is 5.54 Å². The molecular weight excluding hydrogens is 202 g/mol. The van der Waals surface area contributed by atoms with E-state index in [1.54, 1.807) is 0 Å². The smallest absolute Gasteiger partial charge is 0.217 e. The van der Waals surface area contributed by atoms with Gasteiger partial charge in [0.15, 0.2) is 0 Å². The Kier molecular flexibility index (Phi) is 6.90. The van der Waals surface area contributed by atoms with Crippen molar-refractivity contribution < 1.29 is 4.79 Å². The van der Waals surface area contributed by atoms with Gasteiger partial charge in [-0.15, -0.1) is 0 Å². The van der Waals surface area contributed by atoms with Gasteiger partial charge in [-0.1, -0.05) is 58.7 Å². The summed E-state index contributed by atoms with van der Waals surface area (Å²) < 4.78 is 0. The minimum absolute atomic E-state index is 0.127. The first-order chi connectivity index (χ1) is 6.88. The molecule has 3 heteroatoms. The molecule has 2 nitrogen and oxygen atoms in total. The van der Waals surface area contributed by atoms with Crippen LogP contribution >= 0.6 is 0 Å². The van der Waals surface area contributed by atoms with Gasteiger partial charge in [-0.25, -0.2) is 0 Å². The highest BCUT2D eigenvalue weighted by atomic mass is 28.3. The highest BCUT2D eigenvalue weighted by Crippen LogP contribution is 2.30. The fraction of sp³-hybridized carbons (Fsp3) is 0.917. The molecule has 0 aromatic heterocycles. The van der Waals surface area contributed by atoms with E-state index in [-0.39, 0.29) is 5.91 Å². The normalized spacial score (nSPS) is 13.9. The van der Waals surface area contributed by atoms with Gasteiger partial charge < -0.3 is 5.73 Å². The minimum atomic E-state index is -1.21. The molecule has 0 aliphatic heterocycles. The van der Waals surface area contributed by atoms with E-state index in [0.717, 1.165) is 0 Å². The fourth-order valence-corrected chi connectivity index (χ4v) is 3.79. The van der Waals surface area contributed by atoms with E-state index in [4.69, 9.17) is 5.73 Å². The number of primary amides is 1. The molecular formula is C12H27NOSi. The monoisotopic (exact) mass is 229 g/mol. The molecule has 0 spiro atoms. The van der Waals surface area contributed by atoms with E-state index in [2.05, 4.69) is 26.6 Å². The zero-order chi connectivity index (χ0) is 11.9. The third kappa shape index (κ3) is 7.60. The van der Waals surface area contributed by atoms with Gasteiger partial charge in [0, 0.05) is 14.5 Å². The average molecular weight is 229 g/mol. The molecule has 0 radical (unpaired) electrons. The standard InChI is InChI=1S/C12H27NOSi/c1-5-6-7-8-9-11(10-12(13)14)15(2,3)4/h11H,5-10H2,1-4H3,(H2,13,14). The largest absolute Gasteiger partial charge is 0.370 e. The van der Waals surface area contributed by atoms with Crippen LogP contribution in [0.4, 0.5) is 0 Å². The Balaban J connectivity index is 3.97. The van der Waals surface area contributed by atoms with Crippen LogP contribution in [-0.4, -0.2) is 14.0 Å². The molecule has 1 atom stereocenters. The maximum Gasteiger partial charge on any atom is 0.217 e. The van der Waals surface area contributed by atoms with Crippen LogP contribution < -0.4 is 5.73 Å². The first kappa shape index (κ1) is 14.7. The van der Waals surface area contributed by atoms with Crippen LogP contribution in [-0.2, 0) is 4.79 Å². The van der Waals surface area contributed by atoms with Gasteiger partial charge in [0.1, 0.15) is 0 Å². The lowest BCUT2D eigenvalue weighted by atomic mass is 10.1. The average Bonchev–Trinajstić information content (AvgIpc) is 2.08. The maximum absolute atomic E-state index is 11.0. The Labute approximate surface area is 95.6 Å². The number of rotatable bonds is 8. The molecule has 0 bridgehead atoms. The Bertz CT molecular complexity index is 187. The van der Waals surface area contributed by atoms with Crippen LogP contribution in [0, 0.1) is 0 Å². The first-order valence-corrected chi connectivity index (χ1v) is 9.74. The van der Waals surface area contributed by atoms with Crippen LogP contribution in [0.5, 0.6) is 0 Å². The van der Waals surface area contributed by atoms with E-state index in [9.17, 15) is 4.79 Å². The number of hydrogen-bond donors (Lipinski definition) is 1. The van der Waals surface area contributed by atoms with Crippen LogP contribution in [0.2, 0.25) is 25.2 Å². The molecule has 0 aromatic carbocycles. The summed E-state index contributed by atoms with van der Waals surface area (Å²) in [5.74, 6) is -0.127. The fourth-order valence-electron chi connectivity index (χ4n) is 1.90. The third-order valence-electron chi connectivity index (χ3n) is 3.08. The molecule has 1 unspecified atom stereocenters. The summed E-state index contributed by atoms with van der Waals surface area (Å²) in [6.07, 6.45) is 6.94. The molecule has 0 aliphatic carbocycles. The number of unbranched alkanes of at least 4 members (excludes halogenated alkanes) is 3. The topological polar surface area (TPSA) is 43.1 Å². The zero-order valence-corrected chi connectivity index (χ0v) is 11.8. The Hall–Kier alpha value is -0.313. The summed E-state index contributed by atoms with van der Waals surface area (Å²) in [5, 5.41) is 0. The van der Waals surface area contributed by atoms with Crippen molar-refractivity contribution in [2.45, 2.75) is 70.6 Å².